The van der Waals surface area contributed by atoms with Crippen LogP contribution in [0.4, 0.5) is 13.2 Å². The van der Waals surface area contributed by atoms with Crippen molar-refractivity contribution in [3.8, 4) is 0 Å². The molecule has 0 saturated heterocycles. The second-order valence-corrected chi connectivity index (χ2v) is 3.45. The Balaban J connectivity index is 4.33. The molecule has 0 rings (SSSR count). The number of carbonyl (C=O) groups is 2. The fourth-order valence-electron chi connectivity index (χ4n) is 0.921. The predicted octanol–water partition coefficient (Wildman–Crippen LogP) is 1.34. The number of carbonyl (C=O) groups excluding carboxylic acids is 2. The van der Waals surface area contributed by atoms with Crippen molar-refractivity contribution < 1.29 is 27.5 Å². The second-order valence-electron chi connectivity index (χ2n) is 2.89. The number of amides is 1. The van der Waals surface area contributed by atoms with Gasteiger partial charge in [0.05, 0.1) is 18.9 Å². The maximum absolute atomic E-state index is 12.1. The van der Waals surface area contributed by atoms with Crippen molar-refractivity contribution >= 4 is 27.8 Å². The van der Waals surface area contributed by atoms with Gasteiger partial charge in [0.25, 0.3) is 0 Å². The van der Waals surface area contributed by atoms with Crippen LogP contribution in [-0.2, 0) is 14.3 Å². The van der Waals surface area contributed by atoms with E-state index >= 15 is 0 Å². The summed E-state index contributed by atoms with van der Waals surface area (Å²) >= 11 is 2.77. The van der Waals surface area contributed by atoms with Gasteiger partial charge in [0.2, 0.25) is 5.91 Å². The topological polar surface area (TPSA) is 46.6 Å². The van der Waals surface area contributed by atoms with E-state index in [2.05, 4.69) is 20.7 Å². The van der Waals surface area contributed by atoms with E-state index in [-0.39, 0.29) is 18.3 Å². The van der Waals surface area contributed by atoms with Crippen LogP contribution >= 0.6 is 15.9 Å². The summed E-state index contributed by atoms with van der Waals surface area (Å²) in [6.45, 7) is -1.68. The van der Waals surface area contributed by atoms with Crippen molar-refractivity contribution in [3.63, 3.8) is 0 Å². The van der Waals surface area contributed by atoms with Gasteiger partial charge in [0.15, 0.2) is 0 Å². The maximum atomic E-state index is 12.1. The molecule has 0 bridgehead atoms. The fourth-order valence-corrected chi connectivity index (χ4v) is 1.28. The Bertz CT molecular complexity index is 257. The Morgan fingerprint density at radius 2 is 1.94 bits per heavy atom. The summed E-state index contributed by atoms with van der Waals surface area (Å²) in [7, 11) is 1.13. The quantitative estimate of drug-likeness (QED) is 0.569. The van der Waals surface area contributed by atoms with Crippen LogP contribution in [0.15, 0.2) is 0 Å². The first-order valence-corrected chi connectivity index (χ1v) is 5.39. The maximum Gasteiger partial charge on any atom is 0.406 e. The molecule has 0 N–H and O–H groups in total. The molecule has 0 saturated carbocycles. The summed E-state index contributed by atoms with van der Waals surface area (Å²) in [5, 5.41) is -0.218. The normalized spacial score (nSPS) is 11.1. The number of methoxy groups -OCH3 is 1. The second kappa shape index (κ2) is 6.72. The Kier molecular flexibility index (Phi) is 6.39. The molecular weight excluding hydrogens is 295 g/mol. The molecule has 1 amide bonds. The molecule has 0 aliphatic heterocycles. The zero-order chi connectivity index (χ0) is 12.8. The lowest BCUT2D eigenvalue weighted by molar-refractivity contribution is -0.161. The van der Waals surface area contributed by atoms with Crippen LogP contribution in [0.25, 0.3) is 0 Å². The standard InChI is InChI=1S/C8H11BrF3NO3/c1-16-7(15)2-3-13(6(14)4-9)5-8(10,11)12/h2-5H2,1H3. The van der Waals surface area contributed by atoms with Crippen molar-refractivity contribution in [1.82, 2.24) is 4.90 Å². The number of hydrogen-bond acceptors (Lipinski definition) is 3. The summed E-state index contributed by atoms with van der Waals surface area (Å²) in [6, 6.07) is 0. The molecule has 0 aromatic rings. The minimum atomic E-state index is -4.48. The largest absolute Gasteiger partial charge is 0.469 e. The van der Waals surface area contributed by atoms with E-state index in [1.165, 1.54) is 0 Å². The number of nitrogens with zero attached hydrogens (tertiary/aromatic N) is 1. The van der Waals surface area contributed by atoms with Crippen molar-refractivity contribution in [1.29, 1.82) is 0 Å². The van der Waals surface area contributed by atoms with Crippen LogP contribution in [0.5, 0.6) is 0 Å². The van der Waals surface area contributed by atoms with Crippen LogP contribution in [-0.4, -0.2) is 48.5 Å². The van der Waals surface area contributed by atoms with Gasteiger partial charge in [-0.05, 0) is 0 Å². The third-order valence-electron chi connectivity index (χ3n) is 1.65. The van der Waals surface area contributed by atoms with Crippen LogP contribution in [0.2, 0.25) is 0 Å². The SMILES string of the molecule is COC(=O)CCN(CC(F)(F)F)C(=O)CBr. The van der Waals surface area contributed by atoms with Gasteiger partial charge in [-0.25, -0.2) is 0 Å². The van der Waals surface area contributed by atoms with Crippen LogP contribution in [0.1, 0.15) is 6.42 Å². The molecule has 0 unspecified atom stereocenters. The van der Waals surface area contributed by atoms with Gasteiger partial charge in [-0.15, -0.1) is 0 Å². The molecule has 0 aliphatic carbocycles. The minimum absolute atomic E-state index is 0.218. The number of ether oxygens (including phenoxy) is 1. The predicted molar refractivity (Wildman–Crippen MR) is 53.1 cm³/mol. The Hall–Kier alpha value is -0.790. The molecule has 0 aromatic carbocycles. The lowest BCUT2D eigenvalue weighted by Crippen LogP contribution is -2.40. The summed E-state index contributed by atoms with van der Waals surface area (Å²) in [5.41, 5.74) is 0. The summed E-state index contributed by atoms with van der Waals surface area (Å²) in [4.78, 5) is 22.4. The molecule has 16 heavy (non-hydrogen) atoms. The number of halogens is 4. The van der Waals surface area contributed by atoms with Crippen molar-refractivity contribution in [3.05, 3.63) is 0 Å². The number of esters is 1. The van der Waals surface area contributed by atoms with Crippen LogP contribution in [0, 0.1) is 0 Å². The molecule has 0 aliphatic rings. The third-order valence-corrected chi connectivity index (χ3v) is 2.13. The monoisotopic (exact) mass is 305 g/mol. The van der Waals surface area contributed by atoms with Gasteiger partial charge in [0, 0.05) is 6.54 Å². The third kappa shape index (κ3) is 6.65. The Morgan fingerprint density at radius 3 is 2.31 bits per heavy atom. The lowest BCUT2D eigenvalue weighted by Gasteiger charge is -2.22. The van der Waals surface area contributed by atoms with Crippen LogP contribution in [0.3, 0.4) is 0 Å². The average molecular weight is 306 g/mol. The van der Waals surface area contributed by atoms with Gasteiger partial charge < -0.3 is 9.64 Å². The molecule has 0 aromatic heterocycles. The van der Waals surface area contributed by atoms with Crippen molar-refractivity contribution in [2.45, 2.75) is 12.6 Å². The minimum Gasteiger partial charge on any atom is -0.469 e. The first kappa shape index (κ1) is 15.2. The molecular formula is C8H11BrF3NO3. The molecule has 0 atom stereocenters. The van der Waals surface area contributed by atoms with Gasteiger partial charge in [-0.2, -0.15) is 13.2 Å². The molecule has 0 spiro atoms. The van der Waals surface area contributed by atoms with E-state index in [1.54, 1.807) is 0 Å². The van der Waals surface area contributed by atoms with Gasteiger partial charge >= 0.3 is 12.1 Å². The number of rotatable bonds is 5. The lowest BCUT2D eigenvalue weighted by atomic mass is 10.3. The highest BCUT2D eigenvalue weighted by Crippen LogP contribution is 2.17. The van der Waals surface area contributed by atoms with E-state index in [0.717, 1.165) is 7.11 Å². The number of hydrogen-bond donors (Lipinski definition) is 0. The molecule has 8 heteroatoms. The first-order valence-electron chi connectivity index (χ1n) is 4.27. The average Bonchev–Trinajstić information content (AvgIpc) is 2.20. The van der Waals surface area contributed by atoms with E-state index in [1.807, 2.05) is 0 Å². The smallest absolute Gasteiger partial charge is 0.406 e. The number of alkyl halides is 4. The Labute approximate surface area is 98.9 Å². The van der Waals surface area contributed by atoms with E-state index < -0.39 is 24.6 Å². The van der Waals surface area contributed by atoms with Crippen LogP contribution < -0.4 is 0 Å². The molecule has 0 radical (unpaired) electrons. The van der Waals surface area contributed by atoms with Gasteiger partial charge in [-0.3, -0.25) is 9.59 Å². The highest BCUT2D eigenvalue weighted by atomic mass is 79.9. The highest BCUT2D eigenvalue weighted by Gasteiger charge is 2.32. The van der Waals surface area contributed by atoms with Gasteiger partial charge in [0.1, 0.15) is 6.54 Å². The molecule has 4 nitrogen and oxygen atoms in total. The summed E-state index contributed by atoms with van der Waals surface area (Å²) in [6.07, 6.45) is -4.74. The molecule has 0 fully saturated rings. The summed E-state index contributed by atoms with van der Waals surface area (Å²) in [5.74, 6) is -1.38. The van der Waals surface area contributed by atoms with Crippen molar-refractivity contribution in [2.24, 2.45) is 0 Å². The molecule has 0 heterocycles. The summed E-state index contributed by atoms with van der Waals surface area (Å²) < 4.78 is 40.5. The highest BCUT2D eigenvalue weighted by molar-refractivity contribution is 9.09. The zero-order valence-electron chi connectivity index (χ0n) is 8.51. The van der Waals surface area contributed by atoms with E-state index in [0.29, 0.717) is 4.90 Å². The van der Waals surface area contributed by atoms with Crippen molar-refractivity contribution in [2.75, 3.05) is 25.5 Å². The van der Waals surface area contributed by atoms with E-state index in [4.69, 9.17) is 0 Å². The Morgan fingerprint density at radius 1 is 1.38 bits per heavy atom. The fraction of sp³-hybridized carbons (Fsp3) is 0.750. The van der Waals surface area contributed by atoms with E-state index in [9.17, 15) is 22.8 Å². The molecule has 94 valence electrons. The zero-order valence-corrected chi connectivity index (χ0v) is 10.1. The van der Waals surface area contributed by atoms with Gasteiger partial charge in [-0.1, -0.05) is 15.9 Å². The first-order chi connectivity index (χ1) is 7.30.